The molecule has 0 saturated carbocycles. The number of carbonyl (C=O) groups is 2. The van der Waals surface area contributed by atoms with E-state index in [0.717, 1.165) is 0 Å². The van der Waals surface area contributed by atoms with Crippen LogP contribution in [0.25, 0.3) is 0 Å². The molecule has 0 bridgehead atoms. The molecule has 1 rings (SSSR count). The molecule has 3 N–H and O–H groups in total. The van der Waals surface area contributed by atoms with Crippen LogP contribution in [-0.2, 0) is 4.79 Å². The van der Waals surface area contributed by atoms with Gasteiger partial charge in [-0.1, -0.05) is 23.9 Å². The molecule has 0 spiro atoms. The molecular weight excluding hydrogens is 290 g/mol. The Labute approximate surface area is 118 Å². The van der Waals surface area contributed by atoms with Crippen molar-refractivity contribution in [1.82, 2.24) is 5.32 Å². The van der Waals surface area contributed by atoms with Gasteiger partial charge in [0.2, 0.25) is 0 Å². The quantitative estimate of drug-likeness (QED) is 0.731. The molecule has 0 aromatic heterocycles. The summed E-state index contributed by atoms with van der Waals surface area (Å²) >= 11 is 0.299. The fourth-order valence-electron chi connectivity index (χ4n) is 1.26. The van der Waals surface area contributed by atoms with Crippen molar-refractivity contribution >= 4 is 29.4 Å². The molecule has 2 amide bonds. The Balaban J connectivity index is 2.78. The molecule has 20 heavy (non-hydrogen) atoms. The van der Waals surface area contributed by atoms with Crippen LogP contribution in [0.4, 0.5) is 19.3 Å². The van der Waals surface area contributed by atoms with E-state index in [4.69, 9.17) is 5.11 Å². The maximum absolute atomic E-state index is 12.4. The van der Waals surface area contributed by atoms with Crippen molar-refractivity contribution in [3.63, 3.8) is 0 Å². The largest absolute Gasteiger partial charge is 0.480 e. The summed E-state index contributed by atoms with van der Waals surface area (Å²) in [6.45, 7) is 2.63. The number of carbonyl (C=O) groups excluding carboxylic acids is 1. The molecule has 0 heterocycles. The Morgan fingerprint density at radius 3 is 2.45 bits per heavy atom. The summed E-state index contributed by atoms with van der Waals surface area (Å²) in [5.74, 6) is -3.82. The second kappa shape index (κ2) is 6.56. The number of hydrogen-bond donors (Lipinski definition) is 3. The molecule has 0 aliphatic heterocycles. The Kier molecular flexibility index (Phi) is 5.32. The van der Waals surface area contributed by atoms with Crippen molar-refractivity contribution in [2.75, 3.05) is 5.32 Å². The van der Waals surface area contributed by atoms with E-state index in [1.54, 1.807) is 12.1 Å². The third-order valence-corrected chi connectivity index (χ3v) is 3.10. The maximum atomic E-state index is 12.4. The second-order valence-corrected chi connectivity index (χ2v) is 5.42. The molecule has 110 valence electrons. The van der Waals surface area contributed by atoms with Gasteiger partial charge in [-0.3, -0.25) is 0 Å². The normalized spacial score (nSPS) is 11.2. The number of benzene rings is 1. The lowest BCUT2D eigenvalue weighted by atomic mass is 10.1. The van der Waals surface area contributed by atoms with E-state index in [1.165, 1.54) is 26.0 Å². The van der Waals surface area contributed by atoms with Gasteiger partial charge in [-0.15, -0.1) is 0 Å². The van der Waals surface area contributed by atoms with E-state index >= 15 is 0 Å². The first-order valence-corrected chi connectivity index (χ1v) is 6.47. The third kappa shape index (κ3) is 4.69. The Hall–Kier alpha value is -1.83. The van der Waals surface area contributed by atoms with Crippen molar-refractivity contribution in [2.45, 2.75) is 30.0 Å². The average molecular weight is 304 g/mol. The summed E-state index contributed by atoms with van der Waals surface area (Å²) in [5, 5.41) is 13.5. The van der Waals surface area contributed by atoms with Gasteiger partial charge in [0.25, 0.3) is 5.76 Å². The summed E-state index contributed by atoms with van der Waals surface area (Å²) in [6, 6.07) is 5.26. The number of alkyl halides is 2. The van der Waals surface area contributed by atoms with Crippen molar-refractivity contribution in [1.29, 1.82) is 0 Å². The number of hydrogen-bond acceptors (Lipinski definition) is 3. The van der Waals surface area contributed by atoms with E-state index in [9.17, 15) is 18.4 Å². The number of urea groups is 1. The molecular formula is C12H14F2N2O3S. The molecule has 1 aromatic carbocycles. The lowest BCUT2D eigenvalue weighted by Crippen LogP contribution is -2.51. The Morgan fingerprint density at radius 1 is 1.30 bits per heavy atom. The van der Waals surface area contributed by atoms with E-state index in [0.29, 0.717) is 11.8 Å². The summed E-state index contributed by atoms with van der Waals surface area (Å²) in [5.41, 5.74) is -1.27. The van der Waals surface area contributed by atoms with Crippen LogP contribution in [0, 0.1) is 0 Å². The first kappa shape index (κ1) is 16.2. The van der Waals surface area contributed by atoms with Crippen LogP contribution < -0.4 is 10.6 Å². The molecule has 0 aliphatic rings. The van der Waals surface area contributed by atoms with Crippen molar-refractivity contribution in [3.05, 3.63) is 24.3 Å². The number of carboxylic acids is 1. The van der Waals surface area contributed by atoms with Gasteiger partial charge in [0, 0.05) is 4.90 Å². The van der Waals surface area contributed by atoms with Crippen LogP contribution in [0.2, 0.25) is 0 Å². The highest BCUT2D eigenvalue weighted by Gasteiger charge is 2.29. The van der Waals surface area contributed by atoms with Crippen LogP contribution in [0.5, 0.6) is 0 Å². The van der Waals surface area contributed by atoms with Crippen LogP contribution >= 0.6 is 11.8 Å². The van der Waals surface area contributed by atoms with Crippen molar-refractivity contribution < 1.29 is 23.5 Å². The van der Waals surface area contributed by atoms with Gasteiger partial charge in [0.1, 0.15) is 5.54 Å². The van der Waals surface area contributed by atoms with Crippen LogP contribution in [0.15, 0.2) is 29.2 Å². The van der Waals surface area contributed by atoms with Gasteiger partial charge in [-0.05, 0) is 26.0 Å². The fourth-order valence-corrected chi connectivity index (χ4v) is 1.85. The maximum Gasteiger partial charge on any atom is 0.328 e. The molecule has 0 saturated heterocycles. The lowest BCUT2D eigenvalue weighted by Gasteiger charge is -2.21. The minimum atomic E-state index is -2.61. The second-order valence-electron chi connectivity index (χ2n) is 4.38. The molecule has 0 fully saturated rings. The predicted octanol–water partition coefficient (Wildman–Crippen LogP) is 2.99. The molecule has 0 radical (unpaired) electrons. The van der Waals surface area contributed by atoms with E-state index in [-0.39, 0.29) is 10.6 Å². The minimum absolute atomic E-state index is 0.191. The van der Waals surface area contributed by atoms with Crippen LogP contribution in [-0.4, -0.2) is 28.4 Å². The van der Waals surface area contributed by atoms with Gasteiger partial charge < -0.3 is 15.7 Å². The first-order chi connectivity index (χ1) is 9.22. The average Bonchev–Trinajstić information content (AvgIpc) is 2.30. The summed E-state index contributed by atoms with van der Waals surface area (Å²) < 4.78 is 24.7. The molecule has 0 unspecified atom stereocenters. The standard InChI is InChI=1S/C12H14F2N2O3S/c1-12(2,9(17)18)16-11(19)15-7-5-3-4-6-8(7)20-10(13)14/h3-6,10H,1-2H3,(H,17,18)(H2,15,16,19). The van der Waals surface area contributed by atoms with Gasteiger partial charge in [0.15, 0.2) is 0 Å². The molecule has 1 aromatic rings. The highest BCUT2D eigenvalue weighted by molar-refractivity contribution is 7.99. The monoisotopic (exact) mass is 304 g/mol. The number of rotatable bonds is 5. The summed E-state index contributed by atoms with van der Waals surface area (Å²) in [4.78, 5) is 22.8. The van der Waals surface area contributed by atoms with Gasteiger partial charge >= 0.3 is 12.0 Å². The summed E-state index contributed by atoms with van der Waals surface area (Å²) in [6.07, 6.45) is 0. The van der Waals surface area contributed by atoms with E-state index < -0.39 is 23.3 Å². The zero-order valence-electron chi connectivity index (χ0n) is 10.8. The molecule has 8 heteroatoms. The van der Waals surface area contributed by atoms with Gasteiger partial charge in [-0.25, -0.2) is 9.59 Å². The Bertz CT molecular complexity index is 509. The number of nitrogens with one attached hydrogen (secondary N) is 2. The van der Waals surface area contributed by atoms with Gasteiger partial charge in [0.05, 0.1) is 5.69 Å². The molecule has 0 atom stereocenters. The number of anilines is 1. The zero-order chi connectivity index (χ0) is 15.3. The van der Waals surface area contributed by atoms with E-state index in [1.807, 2.05) is 0 Å². The fraction of sp³-hybridized carbons (Fsp3) is 0.333. The molecule has 0 aliphatic carbocycles. The van der Waals surface area contributed by atoms with Crippen molar-refractivity contribution in [2.24, 2.45) is 0 Å². The SMILES string of the molecule is CC(C)(NC(=O)Nc1ccccc1SC(F)F)C(=O)O. The topological polar surface area (TPSA) is 78.4 Å². The highest BCUT2D eigenvalue weighted by Crippen LogP contribution is 2.31. The predicted molar refractivity (Wildman–Crippen MR) is 72.2 cm³/mol. The van der Waals surface area contributed by atoms with Crippen LogP contribution in [0.1, 0.15) is 13.8 Å². The lowest BCUT2D eigenvalue weighted by molar-refractivity contribution is -0.142. The van der Waals surface area contributed by atoms with Crippen molar-refractivity contribution in [3.8, 4) is 0 Å². The highest BCUT2D eigenvalue weighted by atomic mass is 32.2. The first-order valence-electron chi connectivity index (χ1n) is 5.59. The Morgan fingerprint density at radius 2 is 1.90 bits per heavy atom. The number of amides is 2. The minimum Gasteiger partial charge on any atom is -0.480 e. The number of carboxylic acid groups (broad SMARTS) is 1. The number of halogens is 2. The number of aliphatic carboxylic acids is 1. The summed E-state index contributed by atoms with van der Waals surface area (Å²) in [7, 11) is 0. The number of thioether (sulfide) groups is 1. The smallest absolute Gasteiger partial charge is 0.328 e. The van der Waals surface area contributed by atoms with Gasteiger partial charge in [-0.2, -0.15) is 8.78 Å². The number of para-hydroxylation sites is 1. The van der Waals surface area contributed by atoms with E-state index in [2.05, 4.69) is 10.6 Å². The zero-order valence-corrected chi connectivity index (χ0v) is 11.6. The van der Waals surface area contributed by atoms with Crippen LogP contribution in [0.3, 0.4) is 0 Å². The third-order valence-electron chi connectivity index (χ3n) is 2.31. The molecule has 5 nitrogen and oxygen atoms in total.